The van der Waals surface area contributed by atoms with Gasteiger partial charge in [0.2, 0.25) is 5.91 Å². The van der Waals surface area contributed by atoms with Crippen molar-refractivity contribution in [3.63, 3.8) is 0 Å². The number of aromatic nitrogens is 3. The summed E-state index contributed by atoms with van der Waals surface area (Å²) in [6, 6.07) is 18.3. The van der Waals surface area contributed by atoms with E-state index >= 15 is 0 Å². The molecule has 0 saturated heterocycles. The van der Waals surface area contributed by atoms with E-state index in [0.717, 1.165) is 11.1 Å². The van der Waals surface area contributed by atoms with Gasteiger partial charge < -0.3 is 21.6 Å². The molecule has 0 aliphatic heterocycles. The topological polar surface area (TPSA) is 148 Å². The number of carbonyl (C=O) groups is 2. The molecule has 2 aromatic heterocycles. The Morgan fingerprint density at radius 3 is 2.39 bits per heavy atom. The monoisotopic (exact) mass is 415 g/mol. The Morgan fingerprint density at radius 2 is 1.71 bits per heavy atom. The Morgan fingerprint density at radius 1 is 1.00 bits per heavy atom. The fourth-order valence-corrected chi connectivity index (χ4v) is 3.75. The van der Waals surface area contributed by atoms with E-state index in [4.69, 9.17) is 11.5 Å². The molecule has 4 rings (SSSR count). The molecular weight excluding hydrogens is 394 g/mol. The number of nitrogens with two attached hydrogens (primary N) is 2. The van der Waals surface area contributed by atoms with E-state index in [9.17, 15) is 14.7 Å². The summed E-state index contributed by atoms with van der Waals surface area (Å²) >= 11 is 0. The predicted molar refractivity (Wildman–Crippen MR) is 116 cm³/mol. The minimum Gasteiger partial charge on any atom is -0.383 e. The highest BCUT2D eigenvalue weighted by Crippen LogP contribution is 2.32. The van der Waals surface area contributed by atoms with Crippen LogP contribution in [0.2, 0.25) is 0 Å². The minimum atomic E-state index is -1.52. The molecule has 0 fully saturated rings. The van der Waals surface area contributed by atoms with Crippen LogP contribution < -0.4 is 11.5 Å². The van der Waals surface area contributed by atoms with Gasteiger partial charge in [0.1, 0.15) is 11.8 Å². The van der Waals surface area contributed by atoms with Gasteiger partial charge in [-0.1, -0.05) is 42.5 Å². The van der Waals surface area contributed by atoms with Gasteiger partial charge >= 0.3 is 0 Å². The van der Waals surface area contributed by atoms with Crippen molar-refractivity contribution in [2.24, 2.45) is 11.5 Å². The molecule has 0 aliphatic carbocycles. The number of para-hydroxylation sites is 2. The lowest BCUT2D eigenvalue weighted by Crippen LogP contribution is -2.36. The molecule has 0 spiro atoms. The number of amides is 2. The number of nitrogens with zero attached hydrogens (tertiary/aromatic N) is 2. The number of H-pyrrole nitrogens is 1. The fourth-order valence-electron chi connectivity index (χ4n) is 3.75. The van der Waals surface area contributed by atoms with Crippen LogP contribution in [0.3, 0.4) is 0 Å². The first-order valence-corrected chi connectivity index (χ1v) is 9.71. The van der Waals surface area contributed by atoms with Crippen molar-refractivity contribution < 1.29 is 14.7 Å². The summed E-state index contributed by atoms with van der Waals surface area (Å²) < 4.78 is 0. The maximum absolute atomic E-state index is 12.5. The van der Waals surface area contributed by atoms with Crippen LogP contribution in [-0.2, 0) is 11.2 Å². The predicted octanol–water partition coefficient (Wildman–Crippen LogP) is 1.90. The van der Waals surface area contributed by atoms with Gasteiger partial charge in [0.25, 0.3) is 5.91 Å². The summed E-state index contributed by atoms with van der Waals surface area (Å²) in [6.07, 6.45) is 0.245. The van der Waals surface area contributed by atoms with Crippen LogP contribution in [0.4, 0.5) is 0 Å². The van der Waals surface area contributed by atoms with Gasteiger partial charge in [-0.15, -0.1) is 0 Å². The lowest BCUT2D eigenvalue weighted by molar-refractivity contribution is -0.127. The highest BCUT2D eigenvalue weighted by molar-refractivity contribution is 6.00. The second kappa shape index (κ2) is 8.37. The van der Waals surface area contributed by atoms with E-state index in [2.05, 4.69) is 15.0 Å². The molecule has 2 aromatic carbocycles. The molecule has 6 N–H and O–H groups in total. The average Bonchev–Trinajstić information content (AvgIpc) is 3.21. The second-order valence-electron chi connectivity index (χ2n) is 7.23. The van der Waals surface area contributed by atoms with Gasteiger partial charge in [-0.2, -0.15) is 0 Å². The highest BCUT2D eigenvalue weighted by atomic mass is 16.3. The van der Waals surface area contributed by atoms with Crippen LogP contribution in [0.25, 0.3) is 22.6 Å². The summed E-state index contributed by atoms with van der Waals surface area (Å²) in [5.74, 6) is -2.07. The van der Waals surface area contributed by atoms with Crippen LogP contribution in [0.1, 0.15) is 27.4 Å². The second-order valence-corrected chi connectivity index (χ2v) is 7.23. The summed E-state index contributed by atoms with van der Waals surface area (Å²) in [6.45, 7) is 0. The van der Waals surface area contributed by atoms with Gasteiger partial charge in [0.15, 0.2) is 5.82 Å². The molecule has 2 unspecified atom stereocenters. The third-order valence-electron chi connectivity index (χ3n) is 5.21. The Balaban J connectivity index is 1.88. The van der Waals surface area contributed by atoms with Crippen LogP contribution >= 0.6 is 0 Å². The summed E-state index contributed by atoms with van der Waals surface area (Å²) in [5.41, 5.74) is 14.2. The number of nitrogens with one attached hydrogen (secondary N) is 1. The van der Waals surface area contributed by atoms with Crippen molar-refractivity contribution in [3.05, 3.63) is 83.6 Å². The molecule has 2 atom stereocenters. The molecule has 8 heteroatoms. The lowest BCUT2D eigenvalue weighted by Gasteiger charge is -2.24. The molecule has 0 aliphatic rings. The summed E-state index contributed by atoms with van der Waals surface area (Å²) in [5, 5.41) is 10.6. The number of pyridine rings is 1. The smallest absolute Gasteiger partial charge is 0.251 e. The molecule has 0 radical (unpaired) electrons. The Bertz CT molecular complexity index is 1220. The first kappa shape index (κ1) is 20.2. The van der Waals surface area contributed by atoms with Gasteiger partial charge in [-0.3, -0.25) is 14.6 Å². The Kier molecular flexibility index (Phi) is 5.46. The van der Waals surface area contributed by atoms with Crippen molar-refractivity contribution in [1.29, 1.82) is 0 Å². The normalized spacial score (nSPS) is 13.1. The molecule has 0 bridgehead atoms. The number of hydrogen-bond acceptors (Lipinski definition) is 5. The molecule has 31 heavy (non-hydrogen) atoms. The number of hydrogen-bond donors (Lipinski definition) is 4. The minimum absolute atomic E-state index is 0.0859. The average molecular weight is 415 g/mol. The zero-order chi connectivity index (χ0) is 22.0. The number of primary amides is 2. The highest BCUT2D eigenvalue weighted by Gasteiger charge is 2.31. The van der Waals surface area contributed by atoms with Gasteiger partial charge in [0.05, 0.1) is 16.6 Å². The van der Waals surface area contributed by atoms with Gasteiger partial charge in [0, 0.05) is 12.1 Å². The maximum Gasteiger partial charge on any atom is 0.251 e. The van der Waals surface area contributed by atoms with Gasteiger partial charge in [-0.25, -0.2) is 4.98 Å². The number of rotatable bonds is 7. The van der Waals surface area contributed by atoms with Crippen molar-refractivity contribution in [3.8, 4) is 11.5 Å². The van der Waals surface area contributed by atoms with Crippen LogP contribution in [0.5, 0.6) is 0 Å². The SMILES string of the molecule is NC(=O)c1c(C(Cc2ccccc2)C(O)C(N)=O)ccnc1-c1nc2ccccc2[nH]1. The van der Waals surface area contributed by atoms with E-state index in [0.29, 0.717) is 16.9 Å². The third-order valence-corrected chi connectivity index (χ3v) is 5.21. The summed E-state index contributed by atoms with van der Waals surface area (Å²) in [7, 11) is 0. The molecule has 2 heterocycles. The van der Waals surface area contributed by atoms with E-state index in [1.54, 1.807) is 6.07 Å². The number of imidazole rings is 1. The van der Waals surface area contributed by atoms with Crippen LogP contribution in [-0.4, -0.2) is 38.0 Å². The number of benzene rings is 2. The third kappa shape index (κ3) is 4.01. The lowest BCUT2D eigenvalue weighted by atomic mass is 9.84. The number of aliphatic hydroxyl groups is 1. The van der Waals surface area contributed by atoms with Crippen molar-refractivity contribution in [2.75, 3.05) is 0 Å². The first-order valence-electron chi connectivity index (χ1n) is 9.71. The Labute approximate surface area is 177 Å². The standard InChI is InChI=1S/C23H21N5O3/c24-21(30)18-14(15(20(29)22(25)31)12-13-6-2-1-3-7-13)10-11-26-19(18)23-27-16-8-4-5-9-17(16)28-23/h1-11,15,20,29H,12H2,(H2,24,30)(H2,25,31)(H,27,28). The van der Waals surface area contributed by atoms with E-state index in [1.165, 1.54) is 6.20 Å². The number of fused-ring (bicyclic) bond motifs is 1. The first-order chi connectivity index (χ1) is 15.0. The maximum atomic E-state index is 12.5. The largest absolute Gasteiger partial charge is 0.383 e. The molecule has 0 saturated carbocycles. The number of carbonyl (C=O) groups excluding carboxylic acids is 2. The van der Waals surface area contributed by atoms with Crippen LogP contribution in [0, 0.1) is 0 Å². The van der Waals surface area contributed by atoms with Gasteiger partial charge in [-0.05, 0) is 35.7 Å². The van der Waals surface area contributed by atoms with Crippen molar-refractivity contribution >= 4 is 22.8 Å². The molecule has 4 aromatic rings. The van der Waals surface area contributed by atoms with Crippen molar-refractivity contribution in [1.82, 2.24) is 15.0 Å². The molecule has 156 valence electrons. The van der Waals surface area contributed by atoms with E-state index in [1.807, 2.05) is 54.6 Å². The van der Waals surface area contributed by atoms with Crippen LogP contribution in [0.15, 0.2) is 66.9 Å². The zero-order valence-corrected chi connectivity index (χ0v) is 16.5. The number of aromatic amines is 1. The van der Waals surface area contributed by atoms with E-state index < -0.39 is 23.8 Å². The molecule has 8 nitrogen and oxygen atoms in total. The number of aliphatic hydroxyl groups excluding tert-OH is 1. The molecular formula is C23H21N5O3. The quantitative estimate of drug-likeness (QED) is 0.364. The molecule has 2 amide bonds. The van der Waals surface area contributed by atoms with E-state index in [-0.39, 0.29) is 17.7 Å². The summed E-state index contributed by atoms with van der Waals surface area (Å²) in [4.78, 5) is 36.4. The van der Waals surface area contributed by atoms with Crippen molar-refractivity contribution in [2.45, 2.75) is 18.4 Å². The Hall–Kier alpha value is -4.04. The zero-order valence-electron chi connectivity index (χ0n) is 16.5. The fraction of sp³-hybridized carbons (Fsp3) is 0.130.